The van der Waals surface area contributed by atoms with Crippen LogP contribution in [0.3, 0.4) is 0 Å². The SMILES string of the molecule is Cc1sc(CNC(=O)c2cccc3ncccc23)nc1-c1ccc(Cl)cc1. The molecule has 4 rings (SSSR count). The molecule has 0 saturated carbocycles. The molecule has 0 spiro atoms. The molecule has 0 bridgehead atoms. The molecule has 0 aliphatic heterocycles. The second-order valence-electron chi connectivity index (χ2n) is 6.08. The molecule has 134 valence electrons. The Morgan fingerprint density at radius 3 is 2.74 bits per heavy atom. The van der Waals surface area contributed by atoms with E-state index in [2.05, 4.69) is 15.3 Å². The molecule has 2 aromatic carbocycles. The van der Waals surface area contributed by atoms with Gasteiger partial charge in [0.2, 0.25) is 0 Å². The number of amides is 1. The van der Waals surface area contributed by atoms with Gasteiger partial charge in [-0.2, -0.15) is 0 Å². The number of thiazole rings is 1. The monoisotopic (exact) mass is 393 g/mol. The van der Waals surface area contributed by atoms with Crippen molar-refractivity contribution in [3.63, 3.8) is 0 Å². The first-order chi connectivity index (χ1) is 13.1. The summed E-state index contributed by atoms with van der Waals surface area (Å²) in [5.41, 5.74) is 3.37. The summed E-state index contributed by atoms with van der Waals surface area (Å²) < 4.78 is 0. The predicted octanol–water partition coefficient (Wildman–Crippen LogP) is 5.25. The molecule has 27 heavy (non-hydrogen) atoms. The molecule has 4 aromatic rings. The third-order valence-corrected chi connectivity index (χ3v) is 5.47. The lowest BCUT2D eigenvalue weighted by atomic mass is 10.1. The highest BCUT2D eigenvalue weighted by Crippen LogP contribution is 2.28. The molecule has 2 heterocycles. The van der Waals surface area contributed by atoms with Crippen LogP contribution in [0, 0.1) is 6.92 Å². The van der Waals surface area contributed by atoms with E-state index in [0.29, 0.717) is 17.1 Å². The number of nitrogens with zero attached hydrogens (tertiary/aromatic N) is 2. The minimum absolute atomic E-state index is 0.130. The third-order valence-electron chi connectivity index (χ3n) is 4.25. The number of benzene rings is 2. The second kappa shape index (κ2) is 7.47. The summed E-state index contributed by atoms with van der Waals surface area (Å²) in [5, 5.41) is 5.37. The van der Waals surface area contributed by atoms with Gasteiger partial charge in [0.15, 0.2) is 0 Å². The summed E-state index contributed by atoms with van der Waals surface area (Å²) >= 11 is 7.54. The molecular weight excluding hydrogens is 378 g/mol. The maximum Gasteiger partial charge on any atom is 0.252 e. The van der Waals surface area contributed by atoms with Crippen LogP contribution >= 0.6 is 22.9 Å². The minimum atomic E-state index is -0.130. The molecule has 0 atom stereocenters. The largest absolute Gasteiger partial charge is 0.346 e. The van der Waals surface area contributed by atoms with Crippen LogP contribution in [-0.2, 0) is 6.54 Å². The maximum absolute atomic E-state index is 12.7. The van der Waals surface area contributed by atoms with Gasteiger partial charge in [-0.05, 0) is 37.3 Å². The average Bonchev–Trinajstić information content (AvgIpc) is 3.07. The number of carbonyl (C=O) groups is 1. The highest BCUT2D eigenvalue weighted by atomic mass is 35.5. The van der Waals surface area contributed by atoms with Gasteiger partial charge in [0, 0.05) is 32.6 Å². The van der Waals surface area contributed by atoms with Gasteiger partial charge in [-0.1, -0.05) is 35.9 Å². The van der Waals surface area contributed by atoms with E-state index < -0.39 is 0 Å². The number of fused-ring (bicyclic) bond motifs is 1. The van der Waals surface area contributed by atoms with Gasteiger partial charge >= 0.3 is 0 Å². The highest BCUT2D eigenvalue weighted by Gasteiger charge is 2.13. The van der Waals surface area contributed by atoms with Crippen molar-refractivity contribution in [3.8, 4) is 11.3 Å². The fourth-order valence-electron chi connectivity index (χ4n) is 2.95. The molecule has 0 aliphatic rings. The summed E-state index contributed by atoms with van der Waals surface area (Å²) in [7, 11) is 0. The molecule has 1 amide bonds. The van der Waals surface area contributed by atoms with Crippen LogP contribution in [0.25, 0.3) is 22.2 Å². The van der Waals surface area contributed by atoms with Crippen molar-refractivity contribution < 1.29 is 4.79 Å². The number of nitrogens with one attached hydrogen (secondary N) is 1. The summed E-state index contributed by atoms with van der Waals surface area (Å²) in [4.78, 5) is 22.7. The zero-order valence-electron chi connectivity index (χ0n) is 14.6. The van der Waals surface area contributed by atoms with Crippen molar-refractivity contribution >= 4 is 39.7 Å². The van der Waals surface area contributed by atoms with Crippen LogP contribution < -0.4 is 5.32 Å². The molecule has 0 fully saturated rings. The van der Waals surface area contributed by atoms with E-state index in [1.807, 2.05) is 61.5 Å². The Labute approximate surface area is 165 Å². The zero-order valence-corrected chi connectivity index (χ0v) is 16.1. The molecule has 2 aromatic heterocycles. The number of aromatic nitrogens is 2. The first-order valence-electron chi connectivity index (χ1n) is 8.46. The Bertz CT molecular complexity index is 1120. The van der Waals surface area contributed by atoms with Crippen molar-refractivity contribution in [1.29, 1.82) is 0 Å². The van der Waals surface area contributed by atoms with E-state index in [4.69, 9.17) is 11.6 Å². The Morgan fingerprint density at radius 2 is 1.93 bits per heavy atom. The minimum Gasteiger partial charge on any atom is -0.346 e. The first-order valence-corrected chi connectivity index (χ1v) is 9.65. The van der Waals surface area contributed by atoms with Crippen LogP contribution in [0.15, 0.2) is 60.8 Å². The molecule has 0 saturated heterocycles. The fourth-order valence-corrected chi connectivity index (χ4v) is 3.98. The number of pyridine rings is 1. The standard InChI is InChI=1S/C21H16ClN3OS/c1-13-20(14-7-9-15(22)10-8-14)25-19(27-13)12-24-21(26)17-4-2-6-18-16(17)5-3-11-23-18/h2-11H,12H2,1H3,(H,24,26). The number of carbonyl (C=O) groups excluding carboxylic acids is 1. The van der Waals surface area contributed by atoms with Crippen LogP contribution in [0.2, 0.25) is 5.02 Å². The number of rotatable bonds is 4. The van der Waals surface area contributed by atoms with Gasteiger partial charge in [-0.25, -0.2) is 4.98 Å². The molecule has 0 radical (unpaired) electrons. The van der Waals surface area contributed by atoms with Crippen molar-refractivity contribution in [2.24, 2.45) is 0 Å². The van der Waals surface area contributed by atoms with E-state index >= 15 is 0 Å². The van der Waals surface area contributed by atoms with Crippen LogP contribution in [0.1, 0.15) is 20.2 Å². The molecular formula is C21H16ClN3OS. The topological polar surface area (TPSA) is 54.9 Å². The zero-order chi connectivity index (χ0) is 18.8. The number of hydrogen-bond acceptors (Lipinski definition) is 4. The summed E-state index contributed by atoms with van der Waals surface area (Å²) in [6, 6.07) is 16.9. The van der Waals surface area contributed by atoms with Gasteiger partial charge in [-0.3, -0.25) is 9.78 Å². The van der Waals surface area contributed by atoms with Gasteiger partial charge in [0.1, 0.15) is 5.01 Å². The Hall–Kier alpha value is -2.76. The fraction of sp³-hybridized carbons (Fsp3) is 0.0952. The van der Waals surface area contributed by atoms with Crippen LogP contribution in [0.5, 0.6) is 0 Å². The lowest BCUT2D eigenvalue weighted by Crippen LogP contribution is -2.23. The smallest absolute Gasteiger partial charge is 0.252 e. The third kappa shape index (κ3) is 3.70. The molecule has 1 N–H and O–H groups in total. The Kier molecular flexibility index (Phi) is 4.88. The molecule has 4 nitrogen and oxygen atoms in total. The molecule has 6 heteroatoms. The molecule has 0 unspecified atom stereocenters. The van der Waals surface area contributed by atoms with Gasteiger partial charge < -0.3 is 5.32 Å². The summed E-state index contributed by atoms with van der Waals surface area (Å²) in [5.74, 6) is -0.130. The summed E-state index contributed by atoms with van der Waals surface area (Å²) in [6.45, 7) is 2.41. The van der Waals surface area contributed by atoms with E-state index in [1.165, 1.54) is 0 Å². The Balaban J connectivity index is 1.53. The molecule has 0 aliphatic carbocycles. The lowest BCUT2D eigenvalue weighted by Gasteiger charge is -2.06. The van der Waals surface area contributed by atoms with Crippen LogP contribution in [-0.4, -0.2) is 15.9 Å². The van der Waals surface area contributed by atoms with Crippen molar-refractivity contribution in [1.82, 2.24) is 15.3 Å². The van der Waals surface area contributed by atoms with Crippen molar-refractivity contribution in [3.05, 3.63) is 81.3 Å². The van der Waals surface area contributed by atoms with E-state index in [9.17, 15) is 4.79 Å². The van der Waals surface area contributed by atoms with E-state index in [1.54, 1.807) is 17.5 Å². The van der Waals surface area contributed by atoms with Crippen molar-refractivity contribution in [2.75, 3.05) is 0 Å². The average molecular weight is 394 g/mol. The first kappa shape index (κ1) is 17.6. The lowest BCUT2D eigenvalue weighted by molar-refractivity contribution is 0.0952. The maximum atomic E-state index is 12.7. The van der Waals surface area contributed by atoms with Crippen molar-refractivity contribution in [2.45, 2.75) is 13.5 Å². The number of aryl methyl sites for hydroxylation is 1. The van der Waals surface area contributed by atoms with Crippen LogP contribution in [0.4, 0.5) is 0 Å². The summed E-state index contributed by atoms with van der Waals surface area (Å²) in [6.07, 6.45) is 1.72. The quantitative estimate of drug-likeness (QED) is 0.515. The normalized spacial score (nSPS) is 10.9. The number of hydrogen-bond donors (Lipinski definition) is 1. The number of halogens is 1. The van der Waals surface area contributed by atoms with E-state index in [-0.39, 0.29) is 5.91 Å². The Morgan fingerprint density at radius 1 is 1.11 bits per heavy atom. The highest BCUT2D eigenvalue weighted by molar-refractivity contribution is 7.12. The van der Waals surface area contributed by atoms with E-state index in [0.717, 1.165) is 32.0 Å². The van der Waals surface area contributed by atoms with Gasteiger partial charge in [0.25, 0.3) is 5.91 Å². The second-order valence-corrected chi connectivity index (χ2v) is 7.80. The predicted molar refractivity (Wildman–Crippen MR) is 110 cm³/mol. The van der Waals surface area contributed by atoms with Gasteiger partial charge in [0.05, 0.1) is 17.8 Å². The van der Waals surface area contributed by atoms with Gasteiger partial charge in [-0.15, -0.1) is 11.3 Å².